The molecule has 4 nitrogen and oxygen atoms in total. The normalized spacial score (nSPS) is 32.8. The highest BCUT2D eigenvalue weighted by atomic mass is 16.5. The number of aliphatic hydroxyl groups excluding tert-OH is 1. The molecule has 1 fully saturated rings. The van der Waals surface area contributed by atoms with Crippen LogP contribution in [0.25, 0.3) is 0 Å². The van der Waals surface area contributed by atoms with Crippen molar-refractivity contribution < 1.29 is 14.6 Å². The van der Waals surface area contributed by atoms with Crippen molar-refractivity contribution in [3.05, 3.63) is 0 Å². The molecule has 1 atom stereocenters. The van der Waals surface area contributed by atoms with Gasteiger partial charge in [-0.2, -0.15) is 5.26 Å². The molecule has 1 unspecified atom stereocenters. The third-order valence-electron chi connectivity index (χ3n) is 3.34. The lowest BCUT2D eigenvalue weighted by molar-refractivity contribution is -0.157. The van der Waals surface area contributed by atoms with Gasteiger partial charge < -0.3 is 9.84 Å². The van der Waals surface area contributed by atoms with Crippen LogP contribution in [0.4, 0.5) is 0 Å². The Labute approximate surface area is 89.8 Å². The van der Waals surface area contributed by atoms with Crippen LogP contribution in [0.3, 0.4) is 0 Å². The predicted octanol–water partition coefficient (Wildman–Crippen LogP) is 1.24. The average molecular weight is 211 g/mol. The van der Waals surface area contributed by atoms with E-state index in [0.29, 0.717) is 18.8 Å². The van der Waals surface area contributed by atoms with Crippen LogP contribution < -0.4 is 0 Å². The van der Waals surface area contributed by atoms with Crippen LogP contribution in [0.15, 0.2) is 0 Å². The van der Waals surface area contributed by atoms with Gasteiger partial charge in [0.1, 0.15) is 0 Å². The lowest BCUT2D eigenvalue weighted by Crippen LogP contribution is -2.43. The summed E-state index contributed by atoms with van der Waals surface area (Å²) in [5, 5.41) is 18.9. The number of rotatable bonds is 2. The quantitative estimate of drug-likeness (QED) is 0.697. The minimum atomic E-state index is -1.31. The minimum Gasteiger partial charge on any atom is -0.467 e. The van der Waals surface area contributed by atoms with E-state index in [1.54, 1.807) is 0 Å². The highest BCUT2D eigenvalue weighted by Crippen LogP contribution is 2.41. The van der Waals surface area contributed by atoms with Crippen LogP contribution in [0.5, 0.6) is 0 Å². The summed E-state index contributed by atoms with van der Waals surface area (Å²) in [6.07, 6.45) is 1.59. The van der Waals surface area contributed by atoms with E-state index < -0.39 is 17.5 Å². The summed E-state index contributed by atoms with van der Waals surface area (Å²) in [5.41, 5.74) is -0.931. The molecule has 4 heteroatoms. The molecule has 84 valence electrons. The van der Waals surface area contributed by atoms with E-state index >= 15 is 0 Å². The number of nitrogens with zero attached hydrogens (tertiary/aromatic N) is 1. The van der Waals surface area contributed by atoms with E-state index in [-0.39, 0.29) is 0 Å². The van der Waals surface area contributed by atoms with Crippen molar-refractivity contribution in [2.45, 2.75) is 38.7 Å². The summed E-state index contributed by atoms with van der Waals surface area (Å²) in [7, 11) is 1.22. The number of carbonyl (C=O) groups is 1. The van der Waals surface area contributed by atoms with Gasteiger partial charge in [0.15, 0.2) is 6.10 Å². The van der Waals surface area contributed by atoms with Gasteiger partial charge in [0.2, 0.25) is 0 Å². The van der Waals surface area contributed by atoms with E-state index in [0.717, 1.165) is 12.8 Å². The van der Waals surface area contributed by atoms with Crippen molar-refractivity contribution >= 4 is 5.97 Å². The number of nitriles is 1. The fourth-order valence-electron chi connectivity index (χ4n) is 2.06. The second kappa shape index (κ2) is 4.63. The van der Waals surface area contributed by atoms with Gasteiger partial charge >= 0.3 is 5.97 Å². The van der Waals surface area contributed by atoms with Gasteiger partial charge in [-0.05, 0) is 31.6 Å². The Morgan fingerprint density at radius 3 is 2.53 bits per heavy atom. The van der Waals surface area contributed by atoms with Crippen molar-refractivity contribution in [3.63, 3.8) is 0 Å². The maximum Gasteiger partial charge on any atom is 0.336 e. The first-order valence-electron chi connectivity index (χ1n) is 5.23. The van der Waals surface area contributed by atoms with Crippen LogP contribution in [0.1, 0.15) is 32.6 Å². The van der Waals surface area contributed by atoms with Crippen LogP contribution in [-0.4, -0.2) is 24.3 Å². The molecule has 0 aromatic carbocycles. The van der Waals surface area contributed by atoms with Gasteiger partial charge in [-0.25, -0.2) is 4.79 Å². The molecule has 0 aliphatic heterocycles. The number of aliphatic hydroxyl groups is 1. The molecule has 1 N–H and O–H groups in total. The molecule has 0 bridgehead atoms. The monoisotopic (exact) mass is 211 g/mol. The Hall–Kier alpha value is -1.08. The number of hydrogen-bond donors (Lipinski definition) is 1. The van der Waals surface area contributed by atoms with E-state index in [2.05, 4.69) is 17.7 Å². The van der Waals surface area contributed by atoms with Gasteiger partial charge in [-0.1, -0.05) is 6.92 Å². The van der Waals surface area contributed by atoms with E-state index in [1.165, 1.54) is 7.11 Å². The second-order valence-corrected chi connectivity index (χ2v) is 4.38. The number of esters is 1. The number of methoxy groups -OCH3 is 1. The molecule has 0 spiro atoms. The molecule has 0 saturated heterocycles. The maximum absolute atomic E-state index is 11.2. The molecular weight excluding hydrogens is 194 g/mol. The Balaban J connectivity index is 2.78. The standard InChI is InChI=1S/C11H17NO3/c1-8-3-5-11(7-12,6-4-8)9(13)10(14)15-2/h8-9,13H,3-6H2,1-2H3. The fourth-order valence-corrected chi connectivity index (χ4v) is 2.06. The van der Waals surface area contributed by atoms with Crippen LogP contribution in [0, 0.1) is 22.7 Å². The molecular formula is C11H17NO3. The van der Waals surface area contributed by atoms with Gasteiger partial charge in [0.05, 0.1) is 18.6 Å². The zero-order valence-electron chi connectivity index (χ0n) is 9.19. The van der Waals surface area contributed by atoms with E-state index in [1.807, 2.05) is 0 Å². The first-order chi connectivity index (χ1) is 7.05. The van der Waals surface area contributed by atoms with Crippen LogP contribution in [-0.2, 0) is 9.53 Å². The molecule has 1 aliphatic rings. The number of carbonyl (C=O) groups excluding carboxylic acids is 1. The van der Waals surface area contributed by atoms with Gasteiger partial charge in [-0.3, -0.25) is 0 Å². The molecule has 0 aromatic rings. The van der Waals surface area contributed by atoms with Crippen molar-refractivity contribution in [3.8, 4) is 6.07 Å². The molecule has 0 amide bonds. The topological polar surface area (TPSA) is 70.3 Å². The third kappa shape index (κ3) is 2.29. The van der Waals surface area contributed by atoms with E-state index in [9.17, 15) is 9.90 Å². The Kier molecular flexibility index (Phi) is 3.70. The molecule has 1 saturated carbocycles. The maximum atomic E-state index is 11.2. The van der Waals surface area contributed by atoms with Crippen molar-refractivity contribution in [1.82, 2.24) is 0 Å². The Bertz CT molecular complexity index is 274. The third-order valence-corrected chi connectivity index (χ3v) is 3.34. The van der Waals surface area contributed by atoms with Gasteiger partial charge in [-0.15, -0.1) is 0 Å². The number of ether oxygens (including phenoxy) is 1. The molecule has 1 aliphatic carbocycles. The fraction of sp³-hybridized carbons (Fsp3) is 0.818. The zero-order valence-corrected chi connectivity index (χ0v) is 9.19. The van der Waals surface area contributed by atoms with Gasteiger partial charge in [0.25, 0.3) is 0 Å². The minimum absolute atomic E-state index is 0.566. The first kappa shape index (κ1) is 12.0. The highest BCUT2D eigenvalue weighted by Gasteiger charge is 2.45. The molecule has 0 heterocycles. The molecule has 0 aromatic heterocycles. The van der Waals surface area contributed by atoms with Crippen molar-refractivity contribution in [2.24, 2.45) is 11.3 Å². The summed E-state index contributed by atoms with van der Waals surface area (Å²) in [6.45, 7) is 2.12. The highest BCUT2D eigenvalue weighted by molar-refractivity contribution is 5.76. The molecule has 0 radical (unpaired) electrons. The SMILES string of the molecule is COC(=O)C(O)C1(C#N)CCC(C)CC1. The van der Waals surface area contributed by atoms with E-state index in [4.69, 9.17) is 5.26 Å². The molecule has 15 heavy (non-hydrogen) atoms. The Morgan fingerprint density at radius 2 is 2.13 bits per heavy atom. The predicted molar refractivity (Wildman–Crippen MR) is 53.7 cm³/mol. The summed E-state index contributed by atoms with van der Waals surface area (Å²) < 4.78 is 4.48. The van der Waals surface area contributed by atoms with Crippen LogP contribution >= 0.6 is 0 Å². The second-order valence-electron chi connectivity index (χ2n) is 4.38. The number of hydrogen-bond acceptors (Lipinski definition) is 4. The summed E-state index contributed by atoms with van der Waals surface area (Å²) >= 11 is 0. The smallest absolute Gasteiger partial charge is 0.336 e. The summed E-state index contributed by atoms with van der Waals surface area (Å²) in [6, 6.07) is 2.10. The van der Waals surface area contributed by atoms with Crippen molar-refractivity contribution in [1.29, 1.82) is 5.26 Å². The average Bonchev–Trinajstić information content (AvgIpc) is 2.28. The summed E-state index contributed by atoms with van der Waals surface area (Å²) in [5.74, 6) is -0.137. The lowest BCUT2D eigenvalue weighted by Gasteiger charge is -2.35. The Morgan fingerprint density at radius 1 is 1.60 bits per heavy atom. The lowest BCUT2D eigenvalue weighted by atomic mass is 9.68. The van der Waals surface area contributed by atoms with Crippen molar-refractivity contribution in [2.75, 3.05) is 7.11 Å². The molecule has 1 rings (SSSR count). The van der Waals surface area contributed by atoms with Crippen LogP contribution in [0.2, 0.25) is 0 Å². The summed E-state index contributed by atoms with van der Waals surface area (Å²) in [4.78, 5) is 11.2. The largest absolute Gasteiger partial charge is 0.467 e. The van der Waals surface area contributed by atoms with Gasteiger partial charge in [0, 0.05) is 0 Å². The first-order valence-corrected chi connectivity index (χ1v) is 5.23. The zero-order chi connectivity index (χ0) is 11.5.